The van der Waals surface area contributed by atoms with Gasteiger partial charge in [0.05, 0.1) is 5.69 Å². The number of benzene rings is 1. The number of hydrogen-bond acceptors (Lipinski definition) is 5. The Morgan fingerprint density at radius 1 is 1.15 bits per heavy atom. The zero-order chi connectivity index (χ0) is 19.6. The normalized spacial score (nSPS) is 15.5. The number of anilines is 1. The molecule has 1 amide bonds. The van der Waals surface area contributed by atoms with Gasteiger partial charge in [-0.1, -0.05) is 19.3 Å². The summed E-state index contributed by atoms with van der Waals surface area (Å²) in [4.78, 5) is 18.0. The molecule has 0 aliphatic heterocycles. The van der Waals surface area contributed by atoms with Crippen LogP contribution in [0.5, 0.6) is 0 Å². The predicted octanol–water partition coefficient (Wildman–Crippen LogP) is 2.47. The van der Waals surface area contributed by atoms with Crippen molar-refractivity contribution in [2.45, 2.75) is 43.3 Å². The molecule has 146 valence electrons. The summed E-state index contributed by atoms with van der Waals surface area (Å²) in [5.74, 6) is -0.469. The number of hydrogen-bond donors (Lipinski definition) is 0. The van der Waals surface area contributed by atoms with Crippen LogP contribution in [0.1, 0.15) is 32.1 Å². The number of nitrogens with zero attached hydrogens (tertiary/aromatic N) is 5. The Morgan fingerprint density at radius 3 is 2.41 bits per heavy atom. The van der Waals surface area contributed by atoms with Crippen LogP contribution in [0.3, 0.4) is 0 Å². The monoisotopic (exact) mass is 395 g/mol. The van der Waals surface area contributed by atoms with Crippen molar-refractivity contribution in [3.8, 4) is 0 Å². The standard InChI is InChI=1S/C17H22FN5O3S/c1-21(14-6-4-3-5-7-14)17(24)23-12-19-16(20-23)27(25,26)22(2)15-10-8-13(18)9-11-15/h8-12,14H,3-7H2,1-2H3. The zero-order valence-corrected chi connectivity index (χ0v) is 16.1. The highest BCUT2D eigenvalue weighted by Crippen LogP contribution is 2.23. The van der Waals surface area contributed by atoms with Gasteiger partial charge in [0.25, 0.3) is 5.16 Å². The van der Waals surface area contributed by atoms with Gasteiger partial charge in [-0.2, -0.15) is 13.1 Å². The van der Waals surface area contributed by atoms with Gasteiger partial charge in [-0.05, 0) is 37.1 Å². The molecule has 1 aromatic heterocycles. The number of sulfonamides is 1. The number of aromatic nitrogens is 3. The molecule has 27 heavy (non-hydrogen) atoms. The van der Waals surface area contributed by atoms with Gasteiger partial charge < -0.3 is 4.90 Å². The van der Waals surface area contributed by atoms with Crippen LogP contribution >= 0.6 is 0 Å². The van der Waals surface area contributed by atoms with E-state index in [1.54, 1.807) is 11.9 Å². The minimum Gasteiger partial charge on any atom is -0.323 e. The third kappa shape index (κ3) is 3.95. The van der Waals surface area contributed by atoms with Gasteiger partial charge in [0.2, 0.25) is 0 Å². The van der Waals surface area contributed by atoms with Crippen LogP contribution in [0, 0.1) is 5.82 Å². The van der Waals surface area contributed by atoms with Crippen LogP contribution in [0.25, 0.3) is 0 Å². The number of amides is 1. The average molecular weight is 395 g/mol. The fourth-order valence-corrected chi connectivity index (χ4v) is 4.17. The summed E-state index contributed by atoms with van der Waals surface area (Å²) < 4.78 is 40.3. The summed E-state index contributed by atoms with van der Waals surface area (Å²) in [5.41, 5.74) is 0.262. The average Bonchev–Trinajstić information content (AvgIpc) is 3.18. The van der Waals surface area contributed by atoms with Gasteiger partial charge in [-0.3, -0.25) is 4.31 Å². The maximum Gasteiger partial charge on any atom is 0.346 e. The highest BCUT2D eigenvalue weighted by Gasteiger charge is 2.29. The Hall–Kier alpha value is -2.49. The third-order valence-corrected chi connectivity index (χ3v) is 6.45. The van der Waals surface area contributed by atoms with Gasteiger partial charge >= 0.3 is 16.1 Å². The number of carbonyl (C=O) groups excluding carboxylic acids is 1. The first kappa shape index (κ1) is 19.3. The SMILES string of the molecule is CN(C(=O)n1cnc(S(=O)(=O)N(C)c2ccc(F)cc2)n1)C1CCCCC1. The van der Waals surface area contributed by atoms with E-state index in [0.29, 0.717) is 0 Å². The van der Waals surface area contributed by atoms with Crippen molar-refractivity contribution in [3.63, 3.8) is 0 Å². The van der Waals surface area contributed by atoms with Gasteiger partial charge in [0.1, 0.15) is 12.1 Å². The number of carbonyl (C=O) groups is 1. The Labute approximate surface area is 157 Å². The van der Waals surface area contributed by atoms with Crippen LogP contribution in [0.2, 0.25) is 0 Å². The molecule has 0 N–H and O–H groups in total. The molecular weight excluding hydrogens is 373 g/mol. The van der Waals surface area contributed by atoms with Crippen LogP contribution in [0.4, 0.5) is 14.9 Å². The summed E-state index contributed by atoms with van der Waals surface area (Å²) in [7, 11) is -1.06. The van der Waals surface area contributed by atoms with E-state index in [-0.39, 0.29) is 11.7 Å². The van der Waals surface area contributed by atoms with E-state index in [0.717, 1.165) is 53.1 Å². The maximum absolute atomic E-state index is 13.1. The third-order valence-electron chi connectivity index (χ3n) is 4.87. The largest absolute Gasteiger partial charge is 0.346 e. The van der Waals surface area contributed by atoms with E-state index in [2.05, 4.69) is 10.1 Å². The second-order valence-electron chi connectivity index (χ2n) is 6.61. The summed E-state index contributed by atoms with van der Waals surface area (Å²) >= 11 is 0. The Morgan fingerprint density at radius 2 is 1.78 bits per heavy atom. The Balaban J connectivity index is 1.79. The van der Waals surface area contributed by atoms with Gasteiger partial charge in [0.15, 0.2) is 0 Å². The van der Waals surface area contributed by atoms with E-state index in [1.165, 1.54) is 25.6 Å². The highest BCUT2D eigenvalue weighted by molar-refractivity contribution is 7.92. The van der Waals surface area contributed by atoms with Crippen LogP contribution in [-0.2, 0) is 10.0 Å². The molecule has 1 aromatic carbocycles. The first-order chi connectivity index (χ1) is 12.8. The lowest BCUT2D eigenvalue weighted by Crippen LogP contribution is -2.41. The minimum atomic E-state index is -4.07. The lowest BCUT2D eigenvalue weighted by atomic mass is 9.95. The van der Waals surface area contributed by atoms with E-state index >= 15 is 0 Å². The Bertz CT molecular complexity index is 907. The lowest BCUT2D eigenvalue weighted by Gasteiger charge is -2.30. The molecule has 0 unspecified atom stereocenters. The first-order valence-electron chi connectivity index (χ1n) is 8.74. The van der Waals surface area contributed by atoms with Crippen LogP contribution < -0.4 is 4.31 Å². The topological polar surface area (TPSA) is 88.4 Å². The molecule has 0 radical (unpaired) electrons. The molecule has 1 heterocycles. The van der Waals surface area contributed by atoms with Crippen LogP contribution in [0.15, 0.2) is 35.7 Å². The lowest BCUT2D eigenvalue weighted by molar-refractivity contribution is 0.172. The zero-order valence-electron chi connectivity index (χ0n) is 15.2. The van der Waals surface area contributed by atoms with Crippen molar-refractivity contribution in [1.29, 1.82) is 0 Å². The quantitative estimate of drug-likeness (QED) is 0.794. The number of rotatable bonds is 4. The molecule has 2 aromatic rings. The molecule has 0 saturated heterocycles. The molecular formula is C17H22FN5O3S. The molecule has 3 rings (SSSR count). The van der Waals surface area contributed by atoms with Crippen molar-refractivity contribution in [1.82, 2.24) is 19.7 Å². The van der Waals surface area contributed by atoms with E-state index in [1.807, 2.05) is 0 Å². The smallest absolute Gasteiger partial charge is 0.323 e. The number of halogens is 1. The fourth-order valence-electron chi connectivity index (χ4n) is 3.16. The van der Waals surface area contributed by atoms with Gasteiger partial charge in [0, 0.05) is 20.1 Å². The summed E-state index contributed by atoms with van der Waals surface area (Å²) in [6, 6.07) is 4.71. The van der Waals surface area contributed by atoms with Crippen molar-refractivity contribution >= 4 is 21.7 Å². The second-order valence-corrected chi connectivity index (χ2v) is 8.47. The van der Waals surface area contributed by atoms with E-state index < -0.39 is 27.0 Å². The molecule has 0 bridgehead atoms. The molecule has 0 spiro atoms. The maximum atomic E-state index is 13.1. The van der Waals surface area contributed by atoms with Gasteiger partial charge in [-0.15, -0.1) is 5.10 Å². The molecule has 1 saturated carbocycles. The predicted molar refractivity (Wildman–Crippen MR) is 97.4 cm³/mol. The fraction of sp³-hybridized carbons (Fsp3) is 0.471. The van der Waals surface area contributed by atoms with Gasteiger partial charge in [-0.25, -0.2) is 14.2 Å². The summed E-state index contributed by atoms with van der Waals surface area (Å²) in [6.07, 6.45) is 6.27. The van der Waals surface area contributed by atoms with E-state index in [9.17, 15) is 17.6 Å². The minimum absolute atomic E-state index is 0.123. The molecule has 8 nitrogen and oxygen atoms in total. The van der Waals surface area contributed by atoms with Crippen molar-refractivity contribution in [2.75, 3.05) is 18.4 Å². The molecule has 1 aliphatic rings. The second kappa shape index (κ2) is 7.63. The van der Waals surface area contributed by atoms with E-state index in [4.69, 9.17) is 0 Å². The Kier molecular flexibility index (Phi) is 5.45. The van der Waals surface area contributed by atoms with Crippen LogP contribution in [-0.4, -0.2) is 54.3 Å². The first-order valence-corrected chi connectivity index (χ1v) is 10.2. The van der Waals surface area contributed by atoms with Crippen molar-refractivity contribution < 1.29 is 17.6 Å². The molecule has 1 fully saturated rings. The molecule has 1 aliphatic carbocycles. The highest BCUT2D eigenvalue weighted by atomic mass is 32.2. The molecule has 10 heteroatoms. The summed E-state index contributed by atoms with van der Waals surface area (Å²) in [5, 5.41) is 3.39. The van der Waals surface area contributed by atoms with Crippen molar-refractivity contribution in [3.05, 3.63) is 36.4 Å². The molecule has 0 atom stereocenters. The summed E-state index contributed by atoms with van der Waals surface area (Å²) in [6.45, 7) is 0. The van der Waals surface area contributed by atoms with Crippen molar-refractivity contribution in [2.24, 2.45) is 0 Å².